The van der Waals surface area contributed by atoms with Crippen molar-refractivity contribution in [1.29, 1.82) is 0 Å². The molecule has 0 fully saturated rings. The highest BCUT2D eigenvalue weighted by Gasteiger charge is 2.26. The number of aromatic nitrogens is 1. The molecule has 1 aromatic heterocycles. The molecule has 0 aliphatic heterocycles. The largest absolute Gasteiger partial charge is 0.299 e. The van der Waals surface area contributed by atoms with Gasteiger partial charge < -0.3 is 0 Å². The third kappa shape index (κ3) is 4.14. The maximum Gasteiger partial charge on any atom is 0.138 e. The van der Waals surface area contributed by atoms with Crippen LogP contribution in [0.15, 0.2) is 66.9 Å². The van der Waals surface area contributed by atoms with Crippen LogP contribution in [0.5, 0.6) is 0 Å². The average molecular weight is 331 g/mol. The van der Waals surface area contributed by atoms with E-state index < -0.39 is 0 Å². The summed E-state index contributed by atoms with van der Waals surface area (Å²) in [6.07, 6.45) is 3.18. The third-order valence-electron chi connectivity index (χ3n) is 4.74. The number of benzene rings is 2. The molecule has 3 rings (SSSR count). The lowest BCUT2D eigenvalue weighted by atomic mass is 9.81. The first-order chi connectivity index (χ1) is 11.9. The van der Waals surface area contributed by atoms with E-state index in [9.17, 15) is 4.79 Å². The highest BCUT2D eigenvalue weighted by Crippen LogP contribution is 2.30. The Morgan fingerprint density at radius 1 is 0.960 bits per heavy atom. The van der Waals surface area contributed by atoms with Gasteiger partial charge in [0.2, 0.25) is 0 Å². The summed E-state index contributed by atoms with van der Waals surface area (Å²) >= 11 is 0. The fourth-order valence-electron chi connectivity index (χ4n) is 3.14. The average Bonchev–Trinajstić information content (AvgIpc) is 2.61. The number of rotatable bonds is 5. The van der Waals surface area contributed by atoms with Crippen molar-refractivity contribution in [2.45, 2.75) is 39.5 Å². The number of nitrogens with zero attached hydrogens (tertiary/aromatic N) is 1. The van der Waals surface area contributed by atoms with Gasteiger partial charge in [-0.15, -0.1) is 0 Å². The van der Waals surface area contributed by atoms with Gasteiger partial charge in [-0.05, 0) is 29.4 Å². The minimum Gasteiger partial charge on any atom is -0.299 e. The third-order valence-corrected chi connectivity index (χ3v) is 4.74. The molecule has 128 valence electrons. The summed E-state index contributed by atoms with van der Waals surface area (Å²) < 4.78 is 0. The normalized spacial score (nSPS) is 12.9. The second-order valence-corrected chi connectivity index (χ2v) is 7.67. The molecule has 2 aromatic carbocycles. The van der Waals surface area contributed by atoms with Gasteiger partial charge in [0, 0.05) is 29.1 Å². The molecule has 0 spiro atoms. The van der Waals surface area contributed by atoms with E-state index in [1.54, 1.807) is 0 Å². The van der Waals surface area contributed by atoms with Crippen molar-refractivity contribution in [3.05, 3.63) is 78.1 Å². The van der Waals surface area contributed by atoms with Crippen molar-refractivity contribution in [2.75, 3.05) is 0 Å². The smallest absolute Gasteiger partial charge is 0.138 e. The van der Waals surface area contributed by atoms with Crippen LogP contribution < -0.4 is 0 Å². The first-order valence-electron chi connectivity index (χ1n) is 8.86. The summed E-state index contributed by atoms with van der Waals surface area (Å²) in [6, 6.07) is 20.7. The van der Waals surface area contributed by atoms with Crippen LogP contribution in [-0.2, 0) is 11.2 Å². The van der Waals surface area contributed by atoms with Crippen LogP contribution in [0.1, 0.15) is 44.4 Å². The Balaban J connectivity index is 1.96. The van der Waals surface area contributed by atoms with Crippen LogP contribution in [0.4, 0.5) is 0 Å². The van der Waals surface area contributed by atoms with Gasteiger partial charge >= 0.3 is 0 Å². The van der Waals surface area contributed by atoms with Crippen molar-refractivity contribution >= 4 is 16.6 Å². The lowest BCUT2D eigenvalue weighted by Crippen LogP contribution is -2.23. The van der Waals surface area contributed by atoms with Crippen LogP contribution in [0, 0.1) is 5.41 Å². The first kappa shape index (κ1) is 17.3. The van der Waals surface area contributed by atoms with Crippen LogP contribution in [-0.4, -0.2) is 10.8 Å². The predicted octanol–water partition coefficient (Wildman–Crippen LogP) is 5.57. The monoisotopic (exact) mass is 331 g/mol. The summed E-state index contributed by atoms with van der Waals surface area (Å²) in [5.41, 5.74) is 1.95. The lowest BCUT2D eigenvalue weighted by Gasteiger charge is -2.23. The Morgan fingerprint density at radius 3 is 2.36 bits per heavy atom. The molecule has 3 aromatic rings. The van der Waals surface area contributed by atoms with E-state index in [2.05, 4.69) is 29.2 Å². The zero-order valence-electron chi connectivity index (χ0n) is 15.2. The molecular weight excluding hydrogens is 306 g/mol. The van der Waals surface area contributed by atoms with Crippen LogP contribution in [0.3, 0.4) is 0 Å². The first-order valence-corrected chi connectivity index (χ1v) is 8.86. The van der Waals surface area contributed by atoms with Crippen molar-refractivity contribution in [3.8, 4) is 0 Å². The Hall–Kier alpha value is -2.48. The van der Waals surface area contributed by atoms with Gasteiger partial charge in [0.1, 0.15) is 5.78 Å². The fourth-order valence-corrected chi connectivity index (χ4v) is 3.14. The van der Waals surface area contributed by atoms with Crippen LogP contribution >= 0.6 is 0 Å². The number of carbonyl (C=O) groups excluding carboxylic acids is 1. The molecule has 25 heavy (non-hydrogen) atoms. The summed E-state index contributed by atoms with van der Waals surface area (Å²) in [6.45, 7) is 5.98. The molecule has 0 N–H and O–H groups in total. The molecule has 0 saturated heterocycles. The van der Waals surface area contributed by atoms with Gasteiger partial charge in [0.25, 0.3) is 0 Å². The van der Waals surface area contributed by atoms with Crippen molar-refractivity contribution < 1.29 is 4.79 Å². The molecule has 0 unspecified atom stereocenters. The summed E-state index contributed by atoms with van der Waals surface area (Å²) in [4.78, 5) is 17.3. The molecule has 0 aliphatic rings. The fraction of sp³-hybridized carbons (Fsp3) is 0.304. The second kappa shape index (κ2) is 7.18. The Bertz CT molecular complexity index is 857. The molecule has 0 saturated carbocycles. The Morgan fingerprint density at radius 2 is 1.64 bits per heavy atom. The number of hydrogen-bond acceptors (Lipinski definition) is 2. The van der Waals surface area contributed by atoms with E-state index >= 15 is 0 Å². The minimum absolute atomic E-state index is 0.145. The SMILES string of the molecule is CC(C)(C)C(=O)C[C@H](Cc1nccc2ccccc12)c1ccccc1. The van der Waals surface area contributed by atoms with Gasteiger partial charge in [0.15, 0.2) is 0 Å². The summed E-state index contributed by atoms with van der Waals surface area (Å²) in [5, 5.41) is 2.37. The van der Waals surface area contributed by atoms with Crippen LogP contribution in [0.2, 0.25) is 0 Å². The van der Waals surface area contributed by atoms with E-state index in [1.807, 2.05) is 63.4 Å². The van der Waals surface area contributed by atoms with Gasteiger partial charge in [-0.3, -0.25) is 9.78 Å². The van der Waals surface area contributed by atoms with Gasteiger partial charge in [-0.1, -0.05) is 75.4 Å². The molecule has 0 aliphatic carbocycles. The van der Waals surface area contributed by atoms with Crippen molar-refractivity contribution in [1.82, 2.24) is 4.98 Å². The van der Waals surface area contributed by atoms with Gasteiger partial charge in [-0.25, -0.2) is 0 Å². The maximum atomic E-state index is 12.7. The van der Waals surface area contributed by atoms with Crippen molar-refractivity contribution in [3.63, 3.8) is 0 Å². The van der Waals surface area contributed by atoms with E-state index in [-0.39, 0.29) is 11.3 Å². The lowest BCUT2D eigenvalue weighted by molar-refractivity contribution is -0.126. The second-order valence-electron chi connectivity index (χ2n) is 7.67. The Kier molecular flexibility index (Phi) is 4.98. The number of hydrogen-bond donors (Lipinski definition) is 0. The van der Waals surface area contributed by atoms with E-state index in [1.165, 1.54) is 16.3 Å². The van der Waals surface area contributed by atoms with E-state index in [0.29, 0.717) is 12.2 Å². The zero-order chi connectivity index (χ0) is 17.9. The molecule has 0 amide bonds. The number of fused-ring (bicyclic) bond motifs is 1. The summed E-state index contributed by atoms with van der Waals surface area (Å²) in [5.74, 6) is 0.438. The topological polar surface area (TPSA) is 30.0 Å². The number of carbonyl (C=O) groups is 1. The number of ketones is 1. The maximum absolute atomic E-state index is 12.7. The molecule has 1 heterocycles. The molecule has 2 heteroatoms. The molecule has 1 atom stereocenters. The highest BCUT2D eigenvalue weighted by molar-refractivity contribution is 5.85. The molecule has 0 radical (unpaired) electrons. The molecular formula is C23H25NO. The number of pyridine rings is 1. The zero-order valence-corrected chi connectivity index (χ0v) is 15.2. The van der Waals surface area contributed by atoms with Crippen molar-refractivity contribution in [2.24, 2.45) is 5.41 Å². The predicted molar refractivity (Wildman–Crippen MR) is 104 cm³/mol. The summed E-state index contributed by atoms with van der Waals surface area (Å²) in [7, 11) is 0. The number of Topliss-reactive ketones (excluding diaryl/α,β-unsaturated/α-hetero) is 1. The standard InChI is InChI=1S/C23H25NO/c1-23(2,3)22(25)16-19(17-9-5-4-6-10-17)15-21-20-12-8-7-11-18(20)13-14-24-21/h4-14,19H,15-16H2,1-3H3/t19-/m0/s1. The minimum atomic E-state index is -0.320. The quantitative estimate of drug-likeness (QED) is 0.612. The van der Waals surface area contributed by atoms with Gasteiger partial charge in [-0.2, -0.15) is 0 Å². The molecule has 2 nitrogen and oxygen atoms in total. The van der Waals surface area contributed by atoms with E-state index in [0.717, 1.165) is 12.1 Å². The Labute approximate surface area is 149 Å². The van der Waals surface area contributed by atoms with E-state index in [4.69, 9.17) is 0 Å². The molecule has 0 bridgehead atoms. The van der Waals surface area contributed by atoms with Crippen LogP contribution in [0.25, 0.3) is 10.8 Å². The van der Waals surface area contributed by atoms with Gasteiger partial charge in [0.05, 0.1) is 0 Å². The highest BCUT2D eigenvalue weighted by atomic mass is 16.1.